The van der Waals surface area contributed by atoms with Gasteiger partial charge in [0, 0.05) is 20.4 Å². The first-order chi connectivity index (χ1) is 7.20. The van der Waals surface area contributed by atoms with Crippen LogP contribution < -0.4 is 10.0 Å². The molecule has 0 spiro atoms. The van der Waals surface area contributed by atoms with Gasteiger partial charge in [0.05, 0.1) is 5.69 Å². The lowest BCUT2D eigenvalue weighted by atomic mass is 10.3. The highest BCUT2D eigenvalue weighted by molar-refractivity contribution is 9.11. The number of halogens is 2. The molecule has 1 atom stereocenters. The molecule has 1 aliphatic heterocycles. The van der Waals surface area contributed by atoms with Gasteiger partial charge in [-0.1, -0.05) is 15.9 Å². The van der Waals surface area contributed by atoms with Crippen LogP contribution in [0.15, 0.2) is 26.0 Å². The Morgan fingerprint density at radius 2 is 2.27 bits per heavy atom. The average Bonchev–Trinajstić information content (AvgIpc) is 2.19. The highest BCUT2D eigenvalue weighted by atomic mass is 79.9. The number of benzene rings is 1. The van der Waals surface area contributed by atoms with E-state index in [4.69, 9.17) is 4.74 Å². The van der Waals surface area contributed by atoms with E-state index in [0.29, 0.717) is 6.61 Å². The Labute approximate surface area is 110 Å². The van der Waals surface area contributed by atoms with Gasteiger partial charge in [-0.3, -0.25) is 0 Å². The molecule has 3 nitrogen and oxygen atoms in total. The second-order valence-corrected chi connectivity index (χ2v) is 5.61. The summed E-state index contributed by atoms with van der Waals surface area (Å²) in [4.78, 5) is 1.15. The first-order valence-electron chi connectivity index (χ1n) is 4.50. The number of ether oxygens (including phenoxy) is 1. The Hall–Kier alpha value is 0.250. The molecular weight excluding hydrogens is 344 g/mol. The van der Waals surface area contributed by atoms with Crippen molar-refractivity contribution >= 4 is 49.5 Å². The smallest absolute Gasteiger partial charge is 0.193 e. The van der Waals surface area contributed by atoms with Crippen molar-refractivity contribution in [3.63, 3.8) is 0 Å². The van der Waals surface area contributed by atoms with Gasteiger partial charge in [0.2, 0.25) is 0 Å². The molecule has 1 unspecified atom stereocenters. The molecule has 2 rings (SSSR count). The average molecular weight is 354 g/mol. The van der Waals surface area contributed by atoms with Crippen LogP contribution >= 0.6 is 43.8 Å². The molecule has 0 saturated heterocycles. The normalized spacial score (nSPS) is 19.5. The minimum absolute atomic E-state index is 0.134. The summed E-state index contributed by atoms with van der Waals surface area (Å²) in [5.41, 5.74) is 1.07. The monoisotopic (exact) mass is 352 g/mol. The van der Waals surface area contributed by atoms with E-state index in [1.165, 1.54) is 0 Å². The summed E-state index contributed by atoms with van der Waals surface area (Å²) in [7, 11) is 0. The second-order valence-electron chi connectivity index (χ2n) is 2.96. The van der Waals surface area contributed by atoms with Crippen molar-refractivity contribution in [3.05, 3.63) is 21.1 Å². The van der Waals surface area contributed by atoms with Gasteiger partial charge in [-0.2, -0.15) is 0 Å². The molecule has 15 heavy (non-hydrogen) atoms. The molecule has 0 amide bonds. The van der Waals surface area contributed by atoms with E-state index in [2.05, 4.69) is 48.0 Å². The number of rotatable bonds is 2. The highest BCUT2D eigenvalue weighted by Crippen LogP contribution is 2.38. The van der Waals surface area contributed by atoms with E-state index in [0.717, 1.165) is 19.5 Å². The standard InChI is InChI=1S/C9H10Br2N2OS/c1-2-14-9-12-8-6(11)3-5(10)4-7(8)15-13-9/h3-4,9,12-13H,2H2,1H3. The van der Waals surface area contributed by atoms with E-state index in [-0.39, 0.29) is 6.35 Å². The van der Waals surface area contributed by atoms with Gasteiger partial charge in [-0.05, 0) is 46.9 Å². The summed E-state index contributed by atoms with van der Waals surface area (Å²) in [5, 5.41) is 3.27. The molecule has 6 heteroatoms. The van der Waals surface area contributed by atoms with E-state index < -0.39 is 0 Å². The third kappa shape index (κ3) is 2.68. The number of nitrogens with one attached hydrogen (secondary N) is 2. The van der Waals surface area contributed by atoms with Gasteiger partial charge in [0.1, 0.15) is 0 Å². The molecule has 0 radical (unpaired) electrons. The Morgan fingerprint density at radius 1 is 1.47 bits per heavy atom. The highest BCUT2D eigenvalue weighted by Gasteiger charge is 2.20. The van der Waals surface area contributed by atoms with Gasteiger partial charge in [0.15, 0.2) is 6.35 Å². The summed E-state index contributed by atoms with van der Waals surface area (Å²) in [6.07, 6.45) is -0.134. The van der Waals surface area contributed by atoms with E-state index >= 15 is 0 Å². The fourth-order valence-corrected chi connectivity index (χ4v) is 3.73. The van der Waals surface area contributed by atoms with Crippen molar-refractivity contribution in [2.75, 3.05) is 11.9 Å². The van der Waals surface area contributed by atoms with Gasteiger partial charge >= 0.3 is 0 Å². The number of anilines is 1. The Kier molecular flexibility index (Phi) is 3.95. The summed E-state index contributed by atoms with van der Waals surface area (Å²) >= 11 is 8.55. The molecule has 0 aromatic heterocycles. The summed E-state index contributed by atoms with van der Waals surface area (Å²) in [5.74, 6) is 0. The molecule has 0 bridgehead atoms. The minimum Gasteiger partial charge on any atom is -0.345 e. The maximum Gasteiger partial charge on any atom is 0.193 e. The quantitative estimate of drug-likeness (QED) is 0.796. The fourth-order valence-electron chi connectivity index (χ4n) is 1.29. The van der Waals surface area contributed by atoms with Gasteiger partial charge < -0.3 is 10.1 Å². The minimum atomic E-state index is -0.134. The molecule has 0 aliphatic carbocycles. The third-order valence-electron chi connectivity index (χ3n) is 1.90. The maximum absolute atomic E-state index is 5.45. The van der Waals surface area contributed by atoms with Crippen LogP contribution in [0.2, 0.25) is 0 Å². The number of hydrogen-bond donors (Lipinski definition) is 2. The van der Waals surface area contributed by atoms with Gasteiger partial charge in [-0.25, -0.2) is 4.72 Å². The molecule has 82 valence electrons. The second kappa shape index (κ2) is 5.05. The van der Waals surface area contributed by atoms with Crippen molar-refractivity contribution in [3.8, 4) is 0 Å². The predicted octanol–water partition coefficient (Wildman–Crippen LogP) is 3.55. The summed E-state index contributed by atoms with van der Waals surface area (Å²) in [6.45, 7) is 2.65. The summed E-state index contributed by atoms with van der Waals surface area (Å²) < 4.78 is 10.7. The molecule has 1 aliphatic rings. The number of hydrogen-bond acceptors (Lipinski definition) is 4. The molecule has 0 fully saturated rings. The van der Waals surface area contributed by atoms with Crippen LogP contribution in [-0.4, -0.2) is 13.0 Å². The van der Waals surface area contributed by atoms with Crippen LogP contribution in [0.3, 0.4) is 0 Å². The molecule has 1 aromatic carbocycles. The van der Waals surface area contributed by atoms with E-state index in [1.807, 2.05) is 13.0 Å². The topological polar surface area (TPSA) is 33.3 Å². The summed E-state index contributed by atoms with van der Waals surface area (Å²) in [6, 6.07) is 4.08. The van der Waals surface area contributed by atoms with Crippen LogP contribution in [0.25, 0.3) is 0 Å². The van der Waals surface area contributed by atoms with Crippen molar-refractivity contribution in [2.45, 2.75) is 18.2 Å². The fraction of sp³-hybridized carbons (Fsp3) is 0.333. The Bertz CT molecular complexity index is 375. The molecule has 1 heterocycles. The largest absolute Gasteiger partial charge is 0.345 e. The van der Waals surface area contributed by atoms with Crippen LogP contribution in [0.4, 0.5) is 5.69 Å². The van der Waals surface area contributed by atoms with E-state index in [9.17, 15) is 0 Å². The van der Waals surface area contributed by atoms with Crippen molar-refractivity contribution < 1.29 is 4.74 Å². The van der Waals surface area contributed by atoms with Crippen LogP contribution in [-0.2, 0) is 4.74 Å². The molecule has 0 saturated carbocycles. The SMILES string of the molecule is CCOC1NSc2cc(Br)cc(Br)c2N1. The van der Waals surface area contributed by atoms with E-state index in [1.54, 1.807) is 11.9 Å². The predicted molar refractivity (Wildman–Crippen MR) is 69.9 cm³/mol. The van der Waals surface area contributed by atoms with Crippen molar-refractivity contribution in [2.24, 2.45) is 0 Å². The van der Waals surface area contributed by atoms with Crippen LogP contribution in [0.1, 0.15) is 6.92 Å². The van der Waals surface area contributed by atoms with Crippen molar-refractivity contribution in [1.29, 1.82) is 0 Å². The lowest BCUT2D eigenvalue weighted by Crippen LogP contribution is -2.37. The van der Waals surface area contributed by atoms with Crippen LogP contribution in [0.5, 0.6) is 0 Å². The Balaban J connectivity index is 2.25. The first kappa shape index (κ1) is 11.7. The van der Waals surface area contributed by atoms with Crippen molar-refractivity contribution in [1.82, 2.24) is 4.72 Å². The third-order valence-corrected chi connectivity index (χ3v) is 3.86. The molecular formula is C9H10Br2N2OS. The van der Waals surface area contributed by atoms with Crippen LogP contribution in [0, 0.1) is 0 Å². The molecule has 2 N–H and O–H groups in total. The molecule has 1 aromatic rings. The van der Waals surface area contributed by atoms with Gasteiger partial charge in [0.25, 0.3) is 0 Å². The zero-order valence-electron chi connectivity index (χ0n) is 8.01. The maximum atomic E-state index is 5.45. The zero-order valence-corrected chi connectivity index (χ0v) is 12.0. The lowest BCUT2D eigenvalue weighted by Gasteiger charge is -2.27. The Morgan fingerprint density at radius 3 is 3.00 bits per heavy atom. The lowest BCUT2D eigenvalue weighted by molar-refractivity contribution is 0.0762. The van der Waals surface area contributed by atoms with Gasteiger partial charge in [-0.15, -0.1) is 0 Å². The first-order valence-corrected chi connectivity index (χ1v) is 6.90. The zero-order chi connectivity index (χ0) is 10.8. The number of fused-ring (bicyclic) bond motifs is 1.